The lowest BCUT2D eigenvalue weighted by molar-refractivity contribution is 0.288. The summed E-state index contributed by atoms with van der Waals surface area (Å²) in [4.78, 5) is 0. The molecule has 2 unspecified atom stereocenters. The summed E-state index contributed by atoms with van der Waals surface area (Å²) in [7, 11) is 1.89. The number of nitrogens with zero attached hydrogens (tertiary/aromatic N) is 2. The molecule has 0 fully saturated rings. The Kier molecular flexibility index (Phi) is 5.81. The molecule has 1 heterocycles. The first-order chi connectivity index (χ1) is 8.54. The molecule has 104 valence electrons. The minimum Gasteiger partial charge on any atom is -0.395 e. The molecule has 1 rings (SSSR count). The van der Waals surface area contributed by atoms with Crippen LogP contribution < -0.4 is 11.1 Å². The van der Waals surface area contributed by atoms with Crippen molar-refractivity contribution in [2.45, 2.75) is 38.0 Å². The maximum atomic E-state index is 9.29. The molecule has 5 nitrogen and oxygen atoms in total. The first kappa shape index (κ1) is 15.2. The third kappa shape index (κ3) is 3.32. The van der Waals surface area contributed by atoms with Gasteiger partial charge in [0.25, 0.3) is 0 Å². The molecule has 6 heteroatoms. The Morgan fingerprint density at radius 3 is 2.72 bits per heavy atom. The fourth-order valence-corrected chi connectivity index (χ4v) is 2.56. The van der Waals surface area contributed by atoms with Gasteiger partial charge in [0.15, 0.2) is 0 Å². The quantitative estimate of drug-likeness (QED) is 0.701. The van der Waals surface area contributed by atoms with E-state index in [1.54, 1.807) is 16.4 Å². The topological polar surface area (TPSA) is 76.1 Å². The number of aliphatic hydroxyl groups excluding tert-OH is 1. The van der Waals surface area contributed by atoms with Crippen molar-refractivity contribution in [1.82, 2.24) is 9.78 Å². The van der Waals surface area contributed by atoms with Crippen molar-refractivity contribution >= 4 is 23.3 Å². The molecule has 0 saturated carbocycles. The van der Waals surface area contributed by atoms with E-state index in [0.717, 1.165) is 30.0 Å². The Balaban J connectivity index is 2.83. The summed E-state index contributed by atoms with van der Waals surface area (Å²) >= 11 is 1.64. The predicted molar refractivity (Wildman–Crippen MR) is 79.1 cm³/mol. The average Bonchev–Trinajstić information content (AvgIpc) is 2.59. The molecule has 0 bridgehead atoms. The summed E-state index contributed by atoms with van der Waals surface area (Å²) in [6, 6.07) is 0.136. The third-order valence-corrected chi connectivity index (χ3v) is 4.21. The number of aryl methyl sites for hydroxylation is 2. The fourth-order valence-electron chi connectivity index (χ4n) is 1.93. The summed E-state index contributed by atoms with van der Waals surface area (Å²) in [5.74, 6) is 0.846. The smallest absolute Gasteiger partial charge is 0.148 e. The number of rotatable bonds is 7. The van der Waals surface area contributed by atoms with Gasteiger partial charge in [0.05, 0.1) is 18.0 Å². The second-order valence-electron chi connectivity index (χ2n) is 4.47. The van der Waals surface area contributed by atoms with Crippen molar-refractivity contribution in [1.29, 1.82) is 0 Å². The van der Waals surface area contributed by atoms with E-state index in [2.05, 4.69) is 17.3 Å². The SMILES string of the molecule is CCCc1nn(C)c(NC(C)C(CO)SC)c1N. The number of nitrogens with one attached hydrogen (secondary N) is 1. The van der Waals surface area contributed by atoms with E-state index < -0.39 is 0 Å². The van der Waals surface area contributed by atoms with Crippen molar-refractivity contribution in [2.75, 3.05) is 23.9 Å². The Morgan fingerprint density at radius 1 is 1.56 bits per heavy atom. The fraction of sp³-hybridized carbons (Fsp3) is 0.750. The third-order valence-electron chi connectivity index (χ3n) is 3.05. The average molecular weight is 272 g/mol. The molecule has 1 aromatic heterocycles. The highest BCUT2D eigenvalue weighted by Crippen LogP contribution is 2.25. The number of hydrogen-bond donors (Lipinski definition) is 3. The van der Waals surface area contributed by atoms with Crippen molar-refractivity contribution in [2.24, 2.45) is 7.05 Å². The largest absolute Gasteiger partial charge is 0.395 e. The highest BCUT2D eigenvalue weighted by atomic mass is 32.2. The standard InChI is InChI=1S/C12H24N4OS/c1-5-6-9-11(13)12(16(3)15-9)14-8(2)10(7-17)18-4/h8,10,14,17H,5-7,13H2,1-4H3. The van der Waals surface area contributed by atoms with E-state index in [1.165, 1.54) is 0 Å². The lowest BCUT2D eigenvalue weighted by atomic mass is 10.2. The van der Waals surface area contributed by atoms with Crippen LogP contribution in [0.3, 0.4) is 0 Å². The molecule has 4 N–H and O–H groups in total. The number of nitrogen functional groups attached to an aromatic ring is 1. The molecule has 1 aromatic rings. The van der Waals surface area contributed by atoms with Crippen LogP contribution in [0.1, 0.15) is 26.0 Å². The lowest BCUT2D eigenvalue weighted by Crippen LogP contribution is -2.32. The van der Waals surface area contributed by atoms with Crippen LogP contribution in [0.5, 0.6) is 0 Å². The zero-order valence-corrected chi connectivity index (χ0v) is 12.4. The number of aliphatic hydroxyl groups is 1. The minimum absolute atomic E-state index is 0.136. The maximum absolute atomic E-state index is 9.29. The molecule has 0 radical (unpaired) electrons. The van der Waals surface area contributed by atoms with Crippen LogP contribution in [-0.4, -0.2) is 39.0 Å². The molecule has 0 aromatic carbocycles. The summed E-state index contributed by atoms with van der Waals surface area (Å²) in [6.45, 7) is 4.30. The zero-order chi connectivity index (χ0) is 13.7. The first-order valence-corrected chi connectivity index (χ1v) is 7.55. The monoisotopic (exact) mass is 272 g/mol. The van der Waals surface area contributed by atoms with Crippen LogP contribution >= 0.6 is 11.8 Å². The number of thioether (sulfide) groups is 1. The van der Waals surface area contributed by atoms with Crippen LogP contribution in [-0.2, 0) is 13.5 Å². The van der Waals surface area contributed by atoms with Crippen LogP contribution in [0, 0.1) is 0 Å². The Hall–Kier alpha value is -0.880. The molecular formula is C12H24N4OS. The molecule has 0 amide bonds. The van der Waals surface area contributed by atoms with Crippen molar-refractivity contribution in [3.8, 4) is 0 Å². The molecule has 2 atom stereocenters. The molecule has 0 aliphatic heterocycles. The summed E-state index contributed by atoms with van der Waals surface area (Å²) < 4.78 is 1.78. The second-order valence-corrected chi connectivity index (χ2v) is 5.55. The van der Waals surface area contributed by atoms with Gasteiger partial charge < -0.3 is 16.2 Å². The molecule has 0 spiro atoms. The number of nitrogens with two attached hydrogens (primary N) is 1. The summed E-state index contributed by atoms with van der Waals surface area (Å²) in [5, 5.41) is 17.2. The van der Waals surface area contributed by atoms with Crippen LogP contribution in [0.4, 0.5) is 11.5 Å². The van der Waals surface area contributed by atoms with E-state index in [-0.39, 0.29) is 17.9 Å². The molecular weight excluding hydrogens is 248 g/mol. The first-order valence-electron chi connectivity index (χ1n) is 6.26. The minimum atomic E-state index is 0.136. The van der Waals surface area contributed by atoms with Gasteiger partial charge in [-0.1, -0.05) is 13.3 Å². The van der Waals surface area contributed by atoms with Gasteiger partial charge in [-0.15, -0.1) is 0 Å². The van der Waals surface area contributed by atoms with E-state index >= 15 is 0 Å². The van der Waals surface area contributed by atoms with Gasteiger partial charge in [0.1, 0.15) is 5.82 Å². The molecule has 0 saturated heterocycles. The van der Waals surface area contributed by atoms with E-state index in [0.29, 0.717) is 0 Å². The van der Waals surface area contributed by atoms with Gasteiger partial charge in [-0.3, -0.25) is 4.68 Å². The van der Waals surface area contributed by atoms with Gasteiger partial charge in [-0.25, -0.2) is 0 Å². The van der Waals surface area contributed by atoms with Crippen molar-refractivity contribution in [3.05, 3.63) is 5.69 Å². The lowest BCUT2D eigenvalue weighted by Gasteiger charge is -2.22. The Bertz CT molecular complexity index is 376. The van der Waals surface area contributed by atoms with Crippen LogP contribution in [0.2, 0.25) is 0 Å². The van der Waals surface area contributed by atoms with Gasteiger partial charge in [0, 0.05) is 18.3 Å². The highest BCUT2D eigenvalue weighted by molar-refractivity contribution is 7.99. The Morgan fingerprint density at radius 2 is 2.22 bits per heavy atom. The summed E-state index contributed by atoms with van der Waals surface area (Å²) in [5.41, 5.74) is 7.78. The second kappa shape index (κ2) is 6.89. The number of aromatic nitrogens is 2. The van der Waals surface area contributed by atoms with Crippen molar-refractivity contribution < 1.29 is 5.11 Å². The summed E-state index contributed by atoms with van der Waals surface area (Å²) in [6.07, 6.45) is 3.91. The van der Waals surface area contributed by atoms with Crippen LogP contribution in [0.15, 0.2) is 0 Å². The van der Waals surface area contributed by atoms with Gasteiger partial charge in [-0.05, 0) is 19.6 Å². The molecule has 0 aliphatic rings. The Labute approximate surface area is 113 Å². The van der Waals surface area contributed by atoms with Gasteiger partial charge >= 0.3 is 0 Å². The highest BCUT2D eigenvalue weighted by Gasteiger charge is 2.19. The predicted octanol–water partition coefficient (Wildman–Crippen LogP) is 1.48. The normalized spacial score (nSPS) is 14.5. The van der Waals surface area contributed by atoms with Gasteiger partial charge in [0.2, 0.25) is 0 Å². The van der Waals surface area contributed by atoms with E-state index in [9.17, 15) is 5.11 Å². The molecule has 18 heavy (non-hydrogen) atoms. The zero-order valence-electron chi connectivity index (χ0n) is 11.6. The van der Waals surface area contributed by atoms with Crippen LogP contribution in [0.25, 0.3) is 0 Å². The molecule has 0 aliphatic carbocycles. The maximum Gasteiger partial charge on any atom is 0.148 e. The number of hydrogen-bond acceptors (Lipinski definition) is 5. The van der Waals surface area contributed by atoms with E-state index in [1.807, 2.05) is 20.2 Å². The number of anilines is 2. The van der Waals surface area contributed by atoms with Crippen molar-refractivity contribution in [3.63, 3.8) is 0 Å². The van der Waals surface area contributed by atoms with E-state index in [4.69, 9.17) is 5.73 Å². The van der Waals surface area contributed by atoms with Gasteiger partial charge in [-0.2, -0.15) is 16.9 Å².